The van der Waals surface area contributed by atoms with Crippen LogP contribution in [0.15, 0.2) is 24.3 Å². The van der Waals surface area contributed by atoms with Crippen LogP contribution in [-0.2, 0) is 6.42 Å². The van der Waals surface area contributed by atoms with Crippen LogP contribution in [0.1, 0.15) is 33.4 Å². The molecule has 0 saturated heterocycles. The summed E-state index contributed by atoms with van der Waals surface area (Å²) in [4.78, 5) is 0. The Labute approximate surface area is 114 Å². The highest BCUT2D eigenvalue weighted by molar-refractivity contribution is 5.50. The second-order valence-corrected chi connectivity index (χ2v) is 5.26. The van der Waals surface area contributed by atoms with Crippen molar-refractivity contribution in [3.8, 4) is 11.5 Å². The fourth-order valence-electron chi connectivity index (χ4n) is 2.40. The van der Waals surface area contributed by atoms with Gasteiger partial charge in [0.05, 0.1) is 0 Å². The molecule has 0 radical (unpaired) electrons. The largest absolute Gasteiger partial charge is 0.508 e. The molecule has 0 aliphatic heterocycles. The molecular weight excluding hydrogens is 236 g/mol. The predicted octanol–water partition coefficient (Wildman–Crippen LogP) is 3.92. The maximum atomic E-state index is 9.93. The van der Waals surface area contributed by atoms with Crippen molar-refractivity contribution >= 4 is 0 Å². The van der Waals surface area contributed by atoms with Crippen molar-refractivity contribution in [3.63, 3.8) is 0 Å². The van der Waals surface area contributed by atoms with Gasteiger partial charge >= 0.3 is 0 Å². The molecule has 0 aliphatic carbocycles. The summed E-state index contributed by atoms with van der Waals surface area (Å²) < 4.78 is 0. The van der Waals surface area contributed by atoms with Crippen molar-refractivity contribution in [2.24, 2.45) is 0 Å². The molecule has 0 amide bonds. The van der Waals surface area contributed by atoms with E-state index in [-0.39, 0.29) is 0 Å². The van der Waals surface area contributed by atoms with Crippen LogP contribution in [0, 0.1) is 27.7 Å². The Balaban J connectivity index is 2.47. The van der Waals surface area contributed by atoms with E-state index in [0.717, 1.165) is 33.4 Å². The van der Waals surface area contributed by atoms with Crippen LogP contribution >= 0.6 is 0 Å². The first-order chi connectivity index (χ1) is 8.90. The minimum Gasteiger partial charge on any atom is -0.508 e. The molecule has 0 aromatic heterocycles. The van der Waals surface area contributed by atoms with E-state index in [9.17, 15) is 10.2 Å². The monoisotopic (exact) mass is 256 g/mol. The first kappa shape index (κ1) is 13.5. The van der Waals surface area contributed by atoms with Gasteiger partial charge < -0.3 is 10.2 Å². The van der Waals surface area contributed by atoms with Gasteiger partial charge in [0.1, 0.15) is 11.5 Å². The smallest absolute Gasteiger partial charge is 0.121 e. The van der Waals surface area contributed by atoms with Gasteiger partial charge in [-0.15, -0.1) is 0 Å². The third-order valence-corrected chi connectivity index (χ3v) is 3.78. The van der Waals surface area contributed by atoms with Crippen LogP contribution in [-0.4, -0.2) is 10.2 Å². The highest BCUT2D eigenvalue weighted by Crippen LogP contribution is 2.30. The van der Waals surface area contributed by atoms with Gasteiger partial charge in [-0.25, -0.2) is 0 Å². The van der Waals surface area contributed by atoms with E-state index >= 15 is 0 Å². The number of rotatable bonds is 2. The standard InChI is InChI=1S/C17H20O2/c1-10-5-6-16(18)15(7-10)9-14-8-11(2)17(19)13(4)12(14)3/h5-8,18-19H,9H2,1-4H3. The minimum atomic E-state index is 0.327. The zero-order chi connectivity index (χ0) is 14.2. The molecule has 19 heavy (non-hydrogen) atoms. The second kappa shape index (κ2) is 4.96. The Morgan fingerprint density at radius 1 is 0.842 bits per heavy atom. The molecule has 2 heteroatoms. The molecular formula is C17H20O2. The van der Waals surface area contributed by atoms with Crippen molar-refractivity contribution in [2.45, 2.75) is 34.1 Å². The molecule has 2 rings (SSSR count). The van der Waals surface area contributed by atoms with E-state index in [2.05, 4.69) is 0 Å². The lowest BCUT2D eigenvalue weighted by Crippen LogP contribution is -1.97. The van der Waals surface area contributed by atoms with Crippen molar-refractivity contribution in [2.75, 3.05) is 0 Å². The van der Waals surface area contributed by atoms with Crippen molar-refractivity contribution in [1.29, 1.82) is 0 Å². The third kappa shape index (κ3) is 2.58. The van der Waals surface area contributed by atoms with Crippen LogP contribution < -0.4 is 0 Å². The van der Waals surface area contributed by atoms with Gasteiger partial charge in [0, 0.05) is 6.42 Å². The molecule has 2 nitrogen and oxygen atoms in total. The van der Waals surface area contributed by atoms with Crippen LogP contribution in [0.5, 0.6) is 11.5 Å². The maximum absolute atomic E-state index is 9.93. The average Bonchev–Trinajstić information content (AvgIpc) is 2.37. The van der Waals surface area contributed by atoms with E-state index < -0.39 is 0 Å². The molecule has 0 aliphatic rings. The molecule has 0 unspecified atom stereocenters. The maximum Gasteiger partial charge on any atom is 0.121 e. The topological polar surface area (TPSA) is 40.5 Å². The van der Waals surface area contributed by atoms with Crippen LogP contribution in [0.3, 0.4) is 0 Å². The number of phenols is 2. The summed E-state index contributed by atoms with van der Waals surface area (Å²) in [5, 5.41) is 19.9. The van der Waals surface area contributed by atoms with Gasteiger partial charge in [0.15, 0.2) is 0 Å². The lowest BCUT2D eigenvalue weighted by atomic mass is 9.93. The van der Waals surface area contributed by atoms with Gasteiger partial charge in [-0.05, 0) is 61.6 Å². The van der Waals surface area contributed by atoms with Crippen molar-refractivity contribution < 1.29 is 10.2 Å². The number of aryl methyl sites for hydroxylation is 2. The van der Waals surface area contributed by atoms with Gasteiger partial charge in [-0.2, -0.15) is 0 Å². The van der Waals surface area contributed by atoms with Gasteiger partial charge in [0.2, 0.25) is 0 Å². The summed E-state index contributed by atoms with van der Waals surface area (Å²) in [5.41, 5.74) is 6.09. The number of hydrogen-bond donors (Lipinski definition) is 2. The van der Waals surface area contributed by atoms with E-state index in [1.54, 1.807) is 6.07 Å². The van der Waals surface area contributed by atoms with Gasteiger partial charge in [-0.3, -0.25) is 0 Å². The molecule has 2 aromatic carbocycles. The quantitative estimate of drug-likeness (QED) is 0.855. The zero-order valence-electron chi connectivity index (χ0n) is 11.9. The Morgan fingerprint density at radius 2 is 1.53 bits per heavy atom. The number of aromatic hydroxyl groups is 2. The zero-order valence-corrected chi connectivity index (χ0v) is 11.9. The van der Waals surface area contributed by atoms with E-state index in [4.69, 9.17) is 0 Å². The van der Waals surface area contributed by atoms with Crippen LogP contribution in [0.25, 0.3) is 0 Å². The SMILES string of the molecule is Cc1ccc(O)c(Cc2cc(C)c(O)c(C)c2C)c1. The number of phenolic OH excluding ortho intramolecular Hbond substituents is 2. The number of hydrogen-bond acceptors (Lipinski definition) is 2. The molecule has 2 aromatic rings. The summed E-state index contributed by atoms with van der Waals surface area (Å²) in [6, 6.07) is 7.64. The molecule has 0 fully saturated rings. The summed E-state index contributed by atoms with van der Waals surface area (Å²) >= 11 is 0. The molecule has 0 bridgehead atoms. The van der Waals surface area contributed by atoms with Crippen LogP contribution in [0.2, 0.25) is 0 Å². The lowest BCUT2D eigenvalue weighted by Gasteiger charge is -2.14. The summed E-state index contributed by atoms with van der Waals surface area (Å²) in [7, 11) is 0. The van der Waals surface area contributed by atoms with Gasteiger partial charge in [-0.1, -0.05) is 23.8 Å². The second-order valence-electron chi connectivity index (χ2n) is 5.26. The molecule has 100 valence electrons. The third-order valence-electron chi connectivity index (χ3n) is 3.78. The number of benzene rings is 2. The Bertz CT molecular complexity index is 628. The van der Waals surface area contributed by atoms with E-state index in [1.807, 2.05) is 45.9 Å². The Kier molecular flexibility index (Phi) is 3.52. The van der Waals surface area contributed by atoms with Crippen molar-refractivity contribution in [3.05, 3.63) is 57.6 Å². The van der Waals surface area contributed by atoms with Gasteiger partial charge in [0.25, 0.3) is 0 Å². The fourth-order valence-corrected chi connectivity index (χ4v) is 2.40. The average molecular weight is 256 g/mol. The summed E-state index contributed by atoms with van der Waals surface area (Å²) in [6.07, 6.45) is 0.682. The van der Waals surface area contributed by atoms with E-state index in [0.29, 0.717) is 17.9 Å². The summed E-state index contributed by atoms with van der Waals surface area (Å²) in [5.74, 6) is 0.697. The molecule has 0 atom stereocenters. The predicted molar refractivity (Wildman–Crippen MR) is 78.0 cm³/mol. The molecule has 0 saturated carbocycles. The minimum absolute atomic E-state index is 0.327. The molecule has 0 spiro atoms. The normalized spacial score (nSPS) is 10.7. The Hall–Kier alpha value is -1.96. The highest BCUT2D eigenvalue weighted by atomic mass is 16.3. The lowest BCUT2D eigenvalue weighted by molar-refractivity contribution is 0.465. The highest BCUT2D eigenvalue weighted by Gasteiger charge is 2.11. The molecule has 2 N–H and O–H groups in total. The first-order valence-corrected chi connectivity index (χ1v) is 6.47. The van der Waals surface area contributed by atoms with Crippen LogP contribution in [0.4, 0.5) is 0 Å². The van der Waals surface area contributed by atoms with E-state index in [1.165, 1.54) is 0 Å². The van der Waals surface area contributed by atoms with Crippen molar-refractivity contribution in [1.82, 2.24) is 0 Å². The first-order valence-electron chi connectivity index (χ1n) is 6.47. The molecule has 0 heterocycles. The Morgan fingerprint density at radius 3 is 2.21 bits per heavy atom. The summed E-state index contributed by atoms with van der Waals surface area (Å²) in [6.45, 7) is 7.86. The fraction of sp³-hybridized carbons (Fsp3) is 0.294.